The third-order valence-electron chi connectivity index (χ3n) is 3.99. The molecule has 1 heterocycles. The van der Waals surface area contributed by atoms with E-state index in [-0.39, 0.29) is 0 Å². The van der Waals surface area contributed by atoms with Gasteiger partial charge < -0.3 is 10.6 Å². The van der Waals surface area contributed by atoms with Gasteiger partial charge in [0.2, 0.25) is 0 Å². The molecule has 0 bridgehead atoms. The van der Waals surface area contributed by atoms with Gasteiger partial charge in [-0.05, 0) is 30.2 Å². The smallest absolute Gasteiger partial charge is 0.00507 e. The molecule has 0 aromatic heterocycles. The second kappa shape index (κ2) is 3.49. The number of hydrogen-bond donors (Lipinski definition) is 1. The van der Waals surface area contributed by atoms with Gasteiger partial charge in [0.25, 0.3) is 0 Å². The van der Waals surface area contributed by atoms with Crippen LogP contribution in [0, 0.1) is 10.8 Å². The van der Waals surface area contributed by atoms with Gasteiger partial charge in [0.05, 0.1) is 0 Å². The maximum Gasteiger partial charge on any atom is 0.00507 e. The second-order valence-electron chi connectivity index (χ2n) is 6.22. The summed E-state index contributed by atoms with van der Waals surface area (Å²) in [5.41, 5.74) is 6.80. The zero-order valence-electron chi connectivity index (χ0n) is 9.68. The van der Waals surface area contributed by atoms with E-state index in [2.05, 4.69) is 18.7 Å². The van der Waals surface area contributed by atoms with Crippen molar-refractivity contribution in [2.45, 2.75) is 39.5 Å². The lowest BCUT2D eigenvalue weighted by atomic mass is 9.77. The molecule has 14 heavy (non-hydrogen) atoms. The number of hydrogen-bond acceptors (Lipinski definition) is 2. The van der Waals surface area contributed by atoms with Crippen molar-refractivity contribution in [3.8, 4) is 0 Å². The molecule has 1 spiro atoms. The van der Waals surface area contributed by atoms with E-state index < -0.39 is 0 Å². The van der Waals surface area contributed by atoms with Crippen molar-refractivity contribution in [1.29, 1.82) is 0 Å². The quantitative estimate of drug-likeness (QED) is 0.746. The van der Waals surface area contributed by atoms with Gasteiger partial charge in [0.15, 0.2) is 0 Å². The van der Waals surface area contributed by atoms with Gasteiger partial charge in [-0.15, -0.1) is 0 Å². The Morgan fingerprint density at radius 2 is 1.79 bits per heavy atom. The van der Waals surface area contributed by atoms with Gasteiger partial charge in [-0.25, -0.2) is 0 Å². The van der Waals surface area contributed by atoms with Crippen LogP contribution >= 0.6 is 0 Å². The van der Waals surface area contributed by atoms with Crippen molar-refractivity contribution in [2.24, 2.45) is 16.6 Å². The lowest BCUT2D eigenvalue weighted by Gasteiger charge is -2.50. The number of nitrogens with two attached hydrogens (primary N) is 1. The van der Waals surface area contributed by atoms with E-state index in [1.807, 2.05) is 0 Å². The van der Waals surface area contributed by atoms with Gasteiger partial charge in [-0.1, -0.05) is 26.7 Å². The lowest BCUT2D eigenvalue weighted by molar-refractivity contribution is -0.0163. The first-order chi connectivity index (χ1) is 6.55. The van der Waals surface area contributed by atoms with Crippen molar-refractivity contribution in [3.63, 3.8) is 0 Å². The van der Waals surface area contributed by atoms with E-state index in [9.17, 15) is 0 Å². The predicted molar refractivity (Wildman–Crippen MR) is 60.2 cm³/mol. The minimum atomic E-state index is 0.306. The number of rotatable bonds is 3. The number of likely N-dealkylation sites (tertiary alicyclic amines) is 1. The fraction of sp³-hybridized carbons (Fsp3) is 1.00. The summed E-state index contributed by atoms with van der Waals surface area (Å²) >= 11 is 0. The third kappa shape index (κ3) is 1.96. The Balaban J connectivity index is 1.77. The van der Waals surface area contributed by atoms with Crippen molar-refractivity contribution >= 4 is 0 Å². The van der Waals surface area contributed by atoms with Gasteiger partial charge >= 0.3 is 0 Å². The first-order valence-electron chi connectivity index (χ1n) is 5.98. The Labute approximate surface area is 87.8 Å². The van der Waals surface area contributed by atoms with E-state index in [1.165, 1.54) is 45.3 Å². The van der Waals surface area contributed by atoms with Gasteiger partial charge in [-0.3, -0.25) is 0 Å². The van der Waals surface area contributed by atoms with E-state index in [4.69, 9.17) is 5.73 Å². The normalized spacial score (nSPS) is 26.8. The maximum absolute atomic E-state index is 5.75. The Morgan fingerprint density at radius 3 is 2.29 bits per heavy atom. The monoisotopic (exact) mass is 196 g/mol. The highest BCUT2D eigenvalue weighted by Crippen LogP contribution is 2.45. The standard InChI is InChI=1S/C12H24N2/c1-11(2,7-13)8-14-9-12(10-14)5-3-4-6-12/h3-10,13H2,1-2H3. The minimum absolute atomic E-state index is 0.306. The molecule has 1 saturated carbocycles. The van der Waals surface area contributed by atoms with Crippen LogP contribution in [0.2, 0.25) is 0 Å². The summed E-state index contributed by atoms with van der Waals surface area (Å²) in [7, 11) is 0. The first kappa shape index (κ1) is 10.4. The van der Waals surface area contributed by atoms with Crippen molar-refractivity contribution in [2.75, 3.05) is 26.2 Å². The Bertz CT molecular complexity index is 196. The molecule has 0 amide bonds. The van der Waals surface area contributed by atoms with E-state index in [0.717, 1.165) is 12.0 Å². The summed E-state index contributed by atoms with van der Waals surface area (Å²) in [5.74, 6) is 0. The minimum Gasteiger partial charge on any atom is -0.330 e. The molecular weight excluding hydrogens is 172 g/mol. The molecule has 2 N–H and O–H groups in total. The fourth-order valence-corrected chi connectivity index (χ4v) is 3.13. The molecule has 82 valence electrons. The summed E-state index contributed by atoms with van der Waals surface area (Å²) in [6, 6.07) is 0. The molecule has 2 fully saturated rings. The first-order valence-corrected chi connectivity index (χ1v) is 5.98. The van der Waals surface area contributed by atoms with Gasteiger partial charge in [-0.2, -0.15) is 0 Å². The van der Waals surface area contributed by atoms with Crippen LogP contribution in [0.3, 0.4) is 0 Å². The van der Waals surface area contributed by atoms with Gasteiger partial charge in [0.1, 0.15) is 0 Å². The zero-order valence-corrected chi connectivity index (χ0v) is 9.68. The van der Waals surface area contributed by atoms with Crippen molar-refractivity contribution in [1.82, 2.24) is 4.90 Å². The maximum atomic E-state index is 5.75. The van der Waals surface area contributed by atoms with Gasteiger partial charge in [0, 0.05) is 19.6 Å². The van der Waals surface area contributed by atoms with Crippen LogP contribution < -0.4 is 5.73 Å². The Hall–Kier alpha value is -0.0800. The molecule has 1 saturated heterocycles. The van der Waals surface area contributed by atoms with Crippen LogP contribution in [0.5, 0.6) is 0 Å². The molecule has 2 heteroatoms. The van der Waals surface area contributed by atoms with Crippen LogP contribution in [-0.4, -0.2) is 31.1 Å². The zero-order chi connectivity index (χ0) is 10.2. The lowest BCUT2D eigenvalue weighted by Crippen LogP contribution is -2.57. The molecular formula is C12H24N2. The molecule has 1 aliphatic carbocycles. The molecule has 2 rings (SSSR count). The van der Waals surface area contributed by atoms with Crippen LogP contribution in [-0.2, 0) is 0 Å². The van der Waals surface area contributed by atoms with Crippen LogP contribution in [0.4, 0.5) is 0 Å². The molecule has 1 aliphatic heterocycles. The third-order valence-corrected chi connectivity index (χ3v) is 3.99. The van der Waals surface area contributed by atoms with Crippen molar-refractivity contribution < 1.29 is 0 Å². The molecule has 0 atom stereocenters. The highest BCUT2D eigenvalue weighted by molar-refractivity contribution is 4.98. The van der Waals surface area contributed by atoms with Crippen LogP contribution in [0.15, 0.2) is 0 Å². The summed E-state index contributed by atoms with van der Waals surface area (Å²) in [4.78, 5) is 2.60. The fourth-order valence-electron chi connectivity index (χ4n) is 3.13. The summed E-state index contributed by atoms with van der Waals surface area (Å²) < 4.78 is 0. The van der Waals surface area contributed by atoms with Crippen molar-refractivity contribution in [3.05, 3.63) is 0 Å². The highest BCUT2D eigenvalue weighted by Gasteiger charge is 2.45. The molecule has 0 radical (unpaired) electrons. The van der Waals surface area contributed by atoms with E-state index >= 15 is 0 Å². The van der Waals surface area contributed by atoms with E-state index in [1.54, 1.807) is 0 Å². The summed E-state index contributed by atoms with van der Waals surface area (Å²) in [6.45, 7) is 9.22. The molecule has 0 aromatic carbocycles. The Kier molecular flexibility index (Phi) is 2.61. The summed E-state index contributed by atoms with van der Waals surface area (Å²) in [6.07, 6.45) is 5.89. The topological polar surface area (TPSA) is 29.3 Å². The SMILES string of the molecule is CC(C)(CN)CN1CC2(CCCC2)C1. The predicted octanol–water partition coefficient (Wildman–Crippen LogP) is 1.85. The summed E-state index contributed by atoms with van der Waals surface area (Å²) in [5, 5.41) is 0. The Morgan fingerprint density at radius 1 is 1.21 bits per heavy atom. The van der Waals surface area contributed by atoms with Crippen LogP contribution in [0.25, 0.3) is 0 Å². The number of nitrogens with zero attached hydrogens (tertiary/aromatic N) is 1. The second-order valence-corrected chi connectivity index (χ2v) is 6.22. The molecule has 2 aliphatic rings. The molecule has 2 nitrogen and oxygen atoms in total. The van der Waals surface area contributed by atoms with Crippen LogP contribution in [0.1, 0.15) is 39.5 Å². The molecule has 0 aromatic rings. The largest absolute Gasteiger partial charge is 0.330 e. The molecule has 0 unspecified atom stereocenters. The average Bonchev–Trinajstić information content (AvgIpc) is 2.52. The highest BCUT2D eigenvalue weighted by atomic mass is 15.2. The average molecular weight is 196 g/mol. The van der Waals surface area contributed by atoms with E-state index in [0.29, 0.717) is 5.41 Å².